The van der Waals surface area contributed by atoms with E-state index in [4.69, 9.17) is 4.74 Å². The molecule has 6 nitrogen and oxygen atoms in total. The molecule has 0 unspecified atom stereocenters. The number of nitrogens with zero attached hydrogens (tertiary/aromatic N) is 1. The van der Waals surface area contributed by atoms with Crippen LogP contribution < -0.4 is 15.6 Å². The Morgan fingerprint density at radius 3 is 2.38 bits per heavy atom. The second kappa shape index (κ2) is 7.18. The van der Waals surface area contributed by atoms with Gasteiger partial charge in [0, 0.05) is 16.6 Å². The molecular formula is C19H16FN3O3. The molecule has 2 amide bonds. The van der Waals surface area contributed by atoms with Crippen LogP contribution in [0.3, 0.4) is 0 Å². The zero-order valence-corrected chi connectivity index (χ0v) is 14.2. The molecule has 0 aliphatic heterocycles. The molecule has 0 aliphatic rings. The number of fused-ring (bicyclic) bond motifs is 1. The number of rotatable bonds is 3. The van der Waals surface area contributed by atoms with Crippen molar-refractivity contribution in [1.82, 2.24) is 15.8 Å². The normalized spacial score (nSPS) is 10.4. The van der Waals surface area contributed by atoms with E-state index in [-0.39, 0.29) is 5.56 Å². The highest BCUT2D eigenvalue weighted by Crippen LogP contribution is 2.19. The van der Waals surface area contributed by atoms with Crippen molar-refractivity contribution in [3.05, 3.63) is 71.2 Å². The van der Waals surface area contributed by atoms with E-state index in [0.717, 1.165) is 0 Å². The fraction of sp³-hybridized carbons (Fsp3) is 0.105. The molecule has 0 aliphatic carbocycles. The lowest BCUT2D eigenvalue weighted by Gasteiger charge is -2.10. The first kappa shape index (κ1) is 17.3. The number of carbonyl (C=O) groups excluding carboxylic acids is 2. The van der Waals surface area contributed by atoms with Crippen LogP contribution in [-0.4, -0.2) is 23.9 Å². The van der Waals surface area contributed by atoms with E-state index in [0.29, 0.717) is 27.9 Å². The van der Waals surface area contributed by atoms with E-state index in [2.05, 4.69) is 15.8 Å². The summed E-state index contributed by atoms with van der Waals surface area (Å²) in [5, 5.41) is 0.367. The molecule has 0 radical (unpaired) electrons. The predicted octanol–water partition coefficient (Wildman–Crippen LogP) is 2.77. The number of benzene rings is 2. The first-order chi connectivity index (χ1) is 12.5. The molecule has 132 valence electrons. The number of hydrazine groups is 1. The summed E-state index contributed by atoms with van der Waals surface area (Å²) in [6.45, 7) is 1.73. The molecule has 3 rings (SSSR count). The maximum absolute atomic E-state index is 13.5. The highest BCUT2D eigenvalue weighted by Gasteiger charge is 2.14. The van der Waals surface area contributed by atoms with E-state index >= 15 is 0 Å². The summed E-state index contributed by atoms with van der Waals surface area (Å²) in [6.07, 6.45) is 0. The summed E-state index contributed by atoms with van der Waals surface area (Å²) in [5.41, 5.74) is 6.37. The molecule has 1 aromatic heterocycles. The maximum atomic E-state index is 13.5. The molecule has 0 fully saturated rings. The van der Waals surface area contributed by atoms with Crippen molar-refractivity contribution in [3.8, 4) is 5.75 Å². The first-order valence-corrected chi connectivity index (χ1v) is 7.79. The Balaban J connectivity index is 1.78. The Kier molecular flexibility index (Phi) is 4.79. The third kappa shape index (κ3) is 3.61. The van der Waals surface area contributed by atoms with Crippen LogP contribution in [0.2, 0.25) is 0 Å². The number of ether oxygens (including phenoxy) is 1. The van der Waals surface area contributed by atoms with Gasteiger partial charge in [0.1, 0.15) is 11.6 Å². The molecule has 3 aromatic rings. The predicted molar refractivity (Wildman–Crippen MR) is 94.4 cm³/mol. The number of carbonyl (C=O) groups is 2. The molecule has 26 heavy (non-hydrogen) atoms. The van der Waals surface area contributed by atoms with Crippen molar-refractivity contribution >= 4 is 22.7 Å². The molecular weight excluding hydrogens is 337 g/mol. The Hall–Kier alpha value is -3.48. The lowest BCUT2D eigenvalue weighted by Crippen LogP contribution is -2.41. The zero-order valence-electron chi connectivity index (χ0n) is 14.2. The second-order valence-electron chi connectivity index (χ2n) is 5.61. The molecule has 0 spiro atoms. The quantitative estimate of drug-likeness (QED) is 0.710. The van der Waals surface area contributed by atoms with Crippen LogP contribution in [0, 0.1) is 12.7 Å². The third-order valence-electron chi connectivity index (χ3n) is 3.79. The summed E-state index contributed by atoms with van der Waals surface area (Å²) in [4.78, 5) is 28.9. The molecule has 2 aromatic carbocycles. The number of amides is 2. The average Bonchev–Trinajstić information content (AvgIpc) is 2.65. The number of pyridine rings is 1. The number of aryl methyl sites for hydroxylation is 1. The highest BCUT2D eigenvalue weighted by molar-refractivity contribution is 6.07. The minimum Gasteiger partial charge on any atom is -0.497 e. The number of hydrogen-bond donors (Lipinski definition) is 2. The van der Waals surface area contributed by atoms with Crippen LogP contribution >= 0.6 is 0 Å². The summed E-state index contributed by atoms with van der Waals surface area (Å²) in [5.74, 6) is -0.902. The van der Waals surface area contributed by atoms with Crippen LogP contribution in [-0.2, 0) is 0 Å². The van der Waals surface area contributed by atoms with Gasteiger partial charge in [0.15, 0.2) is 0 Å². The van der Waals surface area contributed by atoms with Crippen LogP contribution in [0.25, 0.3) is 10.9 Å². The van der Waals surface area contributed by atoms with Gasteiger partial charge in [0.25, 0.3) is 11.8 Å². The highest BCUT2D eigenvalue weighted by atomic mass is 19.1. The molecule has 0 saturated heterocycles. The SMILES string of the molecule is COc1ccc(C(=O)NNC(=O)c2cc(C)nc3ccc(F)cc23)cc1. The number of aromatic nitrogens is 1. The van der Waals surface area contributed by atoms with E-state index in [9.17, 15) is 14.0 Å². The number of halogens is 1. The average molecular weight is 353 g/mol. The van der Waals surface area contributed by atoms with Gasteiger partial charge < -0.3 is 4.74 Å². The van der Waals surface area contributed by atoms with Gasteiger partial charge in [-0.15, -0.1) is 0 Å². The molecule has 0 saturated carbocycles. The third-order valence-corrected chi connectivity index (χ3v) is 3.79. The number of hydrogen-bond acceptors (Lipinski definition) is 4. The Morgan fingerprint density at radius 1 is 1.00 bits per heavy atom. The number of methoxy groups -OCH3 is 1. The van der Waals surface area contributed by atoms with Crippen molar-refractivity contribution in [2.24, 2.45) is 0 Å². The molecule has 0 atom stereocenters. The van der Waals surface area contributed by atoms with Gasteiger partial charge in [0.05, 0.1) is 18.2 Å². The van der Waals surface area contributed by atoms with E-state index in [1.54, 1.807) is 31.2 Å². The van der Waals surface area contributed by atoms with Crippen molar-refractivity contribution in [3.63, 3.8) is 0 Å². The maximum Gasteiger partial charge on any atom is 0.270 e. The Morgan fingerprint density at radius 2 is 1.69 bits per heavy atom. The van der Waals surface area contributed by atoms with Gasteiger partial charge in [-0.2, -0.15) is 0 Å². The largest absolute Gasteiger partial charge is 0.497 e. The fourth-order valence-corrected chi connectivity index (χ4v) is 2.51. The van der Waals surface area contributed by atoms with Crippen molar-refractivity contribution < 1.29 is 18.7 Å². The van der Waals surface area contributed by atoms with Gasteiger partial charge in [-0.3, -0.25) is 25.4 Å². The molecule has 0 bridgehead atoms. The van der Waals surface area contributed by atoms with Gasteiger partial charge in [-0.25, -0.2) is 4.39 Å². The summed E-state index contributed by atoms with van der Waals surface area (Å²) < 4.78 is 18.6. The second-order valence-corrected chi connectivity index (χ2v) is 5.61. The monoisotopic (exact) mass is 353 g/mol. The van der Waals surface area contributed by atoms with Gasteiger partial charge in [-0.1, -0.05) is 0 Å². The van der Waals surface area contributed by atoms with Crippen LogP contribution in [0.15, 0.2) is 48.5 Å². The molecule has 1 heterocycles. The minimum absolute atomic E-state index is 0.224. The lowest BCUT2D eigenvalue weighted by atomic mass is 10.1. The minimum atomic E-state index is -0.562. The lowest BCUT2D eigenvalue weighted by molar-refractivity contribution is 0.0847. The molecule has 7 heteroatoms. The van der Waals surface area contributed by atoms with Gasteiger partial charge in [0.2, 0.25) is 0 Å². The smallest absolute Gasteiger partial charge is 0.270 e. The van der Waals surface area contributed by atoms with E-state index in [1.165, 1.54) is 31.4 Å². The Labute approximate surface area is 149 Å². The summed E-state index contributed by atoms with van der Waals surface area (Å²) in [7, 11) is 1.53. The van der Waals surface area contributed by atoms with Crippen LogP contribution in [0.5, 0.6) is 5.75 Å². The number of nitrogens with one attached hydrogen (secondary N) is 2. The van der Waals surface area contributed by atoms with Gasteiger partial charge >= 0.3 is 0 Å². The summed E-state index contributed by atoms with van der Waals surface area (Å²) >= 11 is 0. The fourth-order valence-electron chi connectivity index (χ4n) is 2.51. The topological polar surface area (TPSA) is 80.3 Å². The first-order valence-electron chi connectivity index (χ1n) is 7.79. The molecule has 2 N–H and O–H groups in total. The van der Waals surface area contributed by atoms with Crippen LogP contribution in [0.1, 0.15) is 26.4 Å². The van der Waals surface area contributed by atoms with Gasteiger partial charge in [-0.05, 0) is 55.5 Å². The van der Waals surface area contributed by atoms with Crippen molar-refractivity contribution in [2.45, 2.75) is 6.92 Å². The van der Waals surface area contributed by atoms with Crippen molar-refractivity contribution in [1.29, 1.82) is 0 Å². The standard InChI is InChI=1S/C19H16FN3O3/c1-11-9-16(15-10-13(20)5-8-17(15)21-11)19(25)23-22-18(24)12-3-6-14(26-2)7-4-12/h3-10H,1-2H3,(H,22,24)(H,23,25). The van der Waals surface area contributed by atoms with E-state index in [1.807, 2.05) is 0 Å². The summed E-state index contributed by atoms with van der Waals surface area (Å²) in [6, 6.07) is 12.0. The van der Waals surface area contributed by atoms with Crippen molar-refractivity contribution in [2.75, 3.05) is 7.11 Å². The van der Waals surface area contributed by atoms with Crippen LogP contribution in [0.4, 0.5) is 4.39 Å². The zero-order chi connectivity index (χ0) is 18.7. The van der Waals surface area contributed by atoms with E-state index < -0.39 is 17.6 Å². The Bertz CT molecular complexity index is 987.